The molecule has 0 atom stereocenters. The van der Waals surface area contributed by atoms with Gasteiger partial charge in [-0.1, -0.05) is 30.3 Å². The smallest absolute Gasteiger partial charge is 0.185 e. The summed E-state index contributed by atoms with van der Waals surface area (Å²) < 4.78 is 7.65. The van der Waals surface area contributed by atoms with Gasteiger partial charge in [0.25, 0.3) is 0 Å². The number of carbonyl (C=O) groups excluding carboxylic acids is 1. The molecule has 0 saturated carbocycles. The van der Waals surface area contributed by atoms with Crippen molar-refractivity contribution in [2.75, 3.05) is 6.61 Å². The van der Waals surface area contributed by atoms with E-state index in [-0.39, 0.29) is 0 Å². The fourth-order valence-corrected chi connectivity index (χ4v) is 2.50. The van der Waals surface area contributed by atoms with Gasteiger partial charge >= 0.3 is 0 Å². The first-order chi connectivity index (χ1) is 10.9. The van der Waals surface area contributed by atoms with E-state index in [0.29, 0.717) is 12.4 Å². The molecule has 0 aliphatic heterocycles. The molecule has 4 heteroatoms. The monoisotopic (exact) mass is 294 g/mol. The van der Waals surface area contributed by atoms with Crippen LogP contribution in [-0.2, 0) is 6.54 Å². The number of nitrogens with zero attached hydrogens (tertiary/aromatic N) is 2. The molecule has 2 aromatic carbocycles. The van der Waals surface area contributed by atoms with Crippen LogP contribution in [0.3, 0.4) is 0 Å². The third-order valence-corrected chi connectivity index (χ3v) is 3.58. The van der Waals surface area contributed by atoms with E-state index in [2.05, 4.69) is 4.98 Å². The number of imidazole rings is 1. The summed E-state index contributed by atoms with van der Waals surface area (Å²) in [5.74, 6) is 1.38. The van der Waals surface area contributed by atoms with Crippen molar-refractivity contribution in [2.24, 2.45) is 0 Å². The number of hydrogen-bond acceptors (Lipinski definition) is 3. The molecular formula is C18H18N2O2. The minimum atomic E-state index is 0.491. The molecule has 0 fully saturated rings. The van der Waals surface area contributed by atoms with Gasteiger partial charge in [-0.2, -0.15) is 0 Å². The maximum atomic E-state index is 11.2. The summed E-state index contributed by atoms with van der Waals surface area (Å²) in [6.07, 6.45) is 2.69. The average molecular weight is 294 g/mol. The van der Waals surface area contributed by atoms with E-state index in [4.69, 9.17) is 4.74 Å². The summed E-state index contributed by atoms with van der Waals surface area (Å²) >= 11 is 0. The molecule has 1 aromatic heterocycles. The number of carbonyl (C=O) groups is 1. The van der Waals surface area contributed by atoms with Crippen molar-refractivity contribution in [2.45, 2.75) is 19.4 Å². The fourth-order valence-electron chi connectivity index (χ4n) is 2.50. The zero-order valence-corrected chi connectivity index (χ0v) is 12.3. The molecule has 1 heterocycles. The van der Waals surface area contributed by atoms with Crippen molar-refractivity contribution < 1.29 is 9.53 Å². The van der Waals surface area contributed by atoms with E-state index in [1.54, 1.807) is 0 Å². The second kappa shape index (κ2) is 6.89. The summed E-state index contributed by atoms with van der Waals surface area (Å²) in [6.45, 7) is 1.44. The standard InChI is InChI=1S/C18H18N2O2/c21-14-18-19-16-10-4-5-11-17(16)20(18)12-6-7-13-22-15-8-2-1-3-9-15/h1-5,8-11,14H,6-7,12-13H2. The van der Waals surface area contributed by atoms with E-state index in [1.807, 2.05) is 59.2 Å². The van der Waals surface area contributed by atoms with Crippen molar-refractivity contribution in [3.8, 4) is 5.75 Å². The highest BCUT2D eigenvalue weighted by Gasteiger charge is 2.08. The molecule has 0 N–H and O–H groups in total. The molecule has 0 bridgehead atoms. The van der Waals surface area contributed by atoms with Crippen LogP contribution in [0.5, 0.6) is 5.75 Å². The van der Waals surface area contributed by atoms with Gasteiger partial charge < -0.3 is 9.30 Å². The van der Waals surface area contributed by atoms with Crippen LogP contribution in [0.25, 0.3) is 11.0 Å². The molecule has 112 valence electrons. The lowest BCUT2D eigenvalue weighted by atomic mass is 10.3. The highest BCUT2D eigenvalue weighted by molar-refractivity contribution is 5.82. The molecule has 3 rings (SSSR count). The van der Waals surface area contributed by atoms with Gasteiger partial charge in [0.05, 0.1) is 17.6 Å². The fraction of sp³-hybridized carbons (Fsp3) is 0.222. The third kappa shape index (κ3) is 3.17. The zero-order valence-electron chi connectivity index (χ0n) is 12.3. The number of aldehydes is 1. The van der Waals surface area contributed by atoms with Crippen molar-refractivity contribution in [3.63, 3.8) is 0 Å². The largest absolute Gasteiger partial charge is 0.494 e. The minimum Gasteiger partial charge on any atom is -0.494 e. The van der Waals surface area contributed by atoms with Gasteiger partial charge in [-0.05, 0) is 37.1 Å². The Labute approximate surface area is 129 Å². The van der Waals surface area contributed by atoms with Gasteiger partial charge in [-0.25, -0.2) is 4.98 Å². The van der Waals surface area contributed by atoms with Gasteiger partial charge in [0, 0.05) is 6.54 Å². The van der Waals surface area contributed by atoms with E-state index in [9.17, 15) is 4.79 Å². The van der Waals surface area contributed by atoms with Crippen molar-refractivity contribution >= 4 is 17.3 Å². The number of aryl methyl sites for hydroxylation is 1. The van der Waals surface area contributed by atoms with Crippen LogP contribution in [-0.4, -0.2) is 22.4 Å². The maximum Gasteiger partial charge on any atom is 0.185 e. The van der Waals surface area contributed by atoms with E-state index >= 15 is 0 Å². The number of hydrogen-bond donors (Lipinski definition) is 0. The van der Waals surface area contributed by atoms with Crippen LogP contribution in [0, 0.1) is 0 Å². The summed E-state index contributed by atoms with van der Waals surface area (Å²) in [6, 6.07) is 17.6. The lowest BCUT2D eigenvalue weighted by Gasteiger charge is -2.08. The second-order valence-electron chi connectivity index (χ2n) is 5.10. The third-order valence-electron chi connectivity index (χ3n) is 3.58. The van der Waals surface area contributed by atoms with E-state index < -0.39 is 0 Å². The van der Waals surface area contributed by atoms with Crippen LogP contribution in [0.15, 0.2) is 54.6 Å². The van der Waals surface area contributed by atoms with Gasteiger partial charge in [0.1, 0.15) is 5.75 Å². The molecule has 0 radical (unpaired) electrons. The molecule has 0 unspecified atom stereocenters. The Morgan fingerprint density at radius 3 is 2.59 bits per heavy atom. The number of unbranched alkanes of at least 4 members (excludes halogenated alkanes) is 1. The van der Waals surface area contributed by atoms with Crippen LogP contribution in [0.1, 0.15) is 23.5 Å². The van der Waals surface area contributed by atoms with Crippen molar-refractivity contribution in [3.05, 3.63) is 60.4 Å². The summed E-state index contributed by atoms with van der Waals surface area (Å²) in [5, 5.41) is 0. The van der Waals surface area contributed by atoms with Crippen molar-refractivity contribution in [1.29, 1.82) is 0 Å². The predicted molar refractivity (Wildman–Crippen MR) is 86.3 cm³/mol. The Balaban J connectivity index is 1.56. The summed E-state index contributed by atoms with van der Waals surface area (Å²) in [5.41, 5.74) is 1.87. The van der Waals surface area contributed by atoms with Crippen LogP contribution in [0.2, 0.25) is 0 Å². The predicted octanol–water partition coefficient (Wildman–Crippen LogP) is 3.71. The topological polar surface area (TPSA) is 44.1 Å². The Kier molecular flexibility index (Phi) is 4.49. The van der Waals surface area contributed by atoms with Gasteiger partial charge in [-0.3, -0.25) is 4.79 Å². The van der Waals surface area contributed by atoms with Crippen LogP contribution < -0.4 is 4.74 Å². The molecule has 0 aliphatic rings. The van der Waals surface area contributed by atoms with Crippen LogP contribution in [0.4, 0.5) is 0 Å². The molecule has 0 aliphatic carbocycles. The normalized spacial score (nSPS) is 10.7. The van der Waals surface area contributed by atoms with Gasteiger partial charge in [0.2, 0.25) is 0 Å². The van der Waals surface area contributed by atoms with Crippen LogP contribution >= 0.6 is 0 Å². The number of benzene rings is 2. The molecule has 22 heavy (non-hydrogen) atoms. The molecule has 4 nitrogen and oxygen atoms in total. The van der Waals surface area contributed by atoms with E-state index in [1.165, 1.54) is 0 Å². The SMILES string of the molecule is O=Cc1nc2ccccc2n1CCCCOc1ccccc1. The Morgan fingerprint density at radius 2 is 1.77 bits per heavy atom. The number of aromatic nitrogens is 2. The number of fused-ring (bicyclic) bond motifs is 1. The number of para-hydroxylation sites is 3. The first-order valence-corrected chi connectivity index (χ1v) is 7.47. The molecule has 0 spiro atoms. The van der Waals surface area contributed by atoms with Gasteiger partial charge in [-0.15, -0.1) is 0 Å². The summed E-state index contributed by atoms with van der Waals surface area (Å²) in [4.78, 5) is 15.5. The summed E-state index contributed by atoms with van der Waals surface area (Å²) in [7, 11) is 0. The Morgan fingerprint density at radius 1 is 1.00 bits per heavy atom. The van der Waals surface area contributed by atoms with Crippen molar-refractivity contribution in [1.82, 2.24) is 9.55 Å². The molecule has 0 saturated heterocycles. The molecule has 0 amide bonds. The Bertz CT molecular complexity index is 750. The quantitative estimate of drug-likeness (QED) is 0.493. The number of rotatable bonds is 7. The van der Waals surface area contributed by atoms with Gasteiger partial charge in [0.15, 0.2) is 12.1 Å². The first-order valence-electron chi connectivity index (χ1n) is 7.47. The first kappa shape index (κ1) is 14.3. The highest BCUT2D eigenvalue weighted by atomic mass is 16.5. The average Bonchev–Trinajstić information content (AvgIpc) is 2.93. The number of ether oxygens (including phenoxy) is 1. The molecule has 3 aromatic rings. The zero-order chi connectivity index (χ0) is 15.2. The maximum absolute atomic E-state index is 11.2. The highest BCUT2D eigenvalue weighted by Crippen LogP contribution is 2.16. The lowest BCUT2D eigenvalue weighted by molar-refractivity contribution is 0.111. The second-order valence-corrected chi connectivity index (χ2v) is 5.10. The molecular weight excluding hydrogens is 276 g/mol. The minimum absolute atomic E-state index is 0.491. The van der Waals surface area contributed by atoms with E-state index in [0.717, 1.165) is 42.5 Å². The lowest BCUT2D eigenvalue weighted by Crippen LogP contribution is -2.05. The Hall–Kier alpha value is -2.62.